The van der Waals surface area contributed by atoms with Crippen molar-refractivity contribution in [2.75, 3.05) is 19.5 Å². The topological polar surface area (TPSA) is 64.6 Å². The van der Waals surface area contributed by atoms with Gasteiger partial charge in [-0.3, -0.25) is 9.59 Å². The monoisotopic (exact) mass is 299 g/mol. The second-order valence-electron chi connectivity index (χ2n) is 4.63. The maximum Gasteiger partial charge on any atom is 0.259 e. The summed E-state index contributed by atoms with van der Waals surface area (Å²) >= 11 is 0. The number of amides is 1. The molecule has 0 aliphatic carbocycles. The fourth-order valence-electron chi connectivity index (χ4n) is 2.05. The van der Waals surface area contributed by atoms with Crippen molar-refractivity contribution in [2.45, 2.75) is 6.92 Å². The molecule has 114 valence electrons. The second kappa shape index (κ2) is 6.76. The first kappa shape index (κ1) is 15.6. The third kappa shape index (κ3) is 3.25. The largest absolute Gasteiger partial charge is 0.493 e. The van der Waals surface area contributed by atoms with Crippen molar-refractivity contribution >= 4 is 17.4 Å². The molecular weight excluding hydrogens is 282 g/mol. The van der Waals surface area contributed by atoms with Crippen LogP contribution in [0.5, 0.6) is 11.5 Å². The fourth-order valence-corrected chi connectivity index (χ4v) is 2.05. The molecule has 22 heavy (non-hydrogen) atoms. The highest BCUT2D eigenvalue weighted by Crippen LogP contribution is 2.31. The number of carbonyl (C=O) groups excluding carboxylic acids is 2. The molecule has 0 bridgehead atoms. The summed E-state index contributed by atoms with van der Waals surface area (Å²) in [6, 6.07) is 11.8. The number of ketones is 1. The van der Waals surface area contributed by atoms with Crippen LogP contribution in [-0.4, -0.2) is 25.9 Å². The van der Waals surface area contributed by atoms with Crippen LogP contribution in [-0.2, 0) is 0 Å². The summed E-state index contributed by atoms with van der Waals surface area (Å²) in [7, 11) is 3.00. The van der Waals surface area contributed by atoms with Crippen molar-refractivity contribution in [1.29, 1.82) is 0 Å². The molecule has 2 aromatic rings. The van der Waals surface area contributed by atoms with Gasteiger partial charge in [-0.15, -0.1) is 0 Å². The van der Waals surface area contributed by atoms with Gasteiger partial charge in [-0.05, 0) is 43.3 Å². The first-order valence-electron chi connectivity index (χ1n) is 6.70. The van der Waals surface area contributed by atoms with E-state index in [0.717, 1.165) is 0 Å². The van der Waals surface area contributed by atoms with Gasteiger partial charge in [0.25, 0.3) is 5.91 Å². The number of para-hydroxylation sites is 1. The molecule has 0 fully saturated rings. The van der Waals surface area contributed by atoms with Crippen LogP contribution < -0.4 is 14.8 Å². The number of anilines is 1. The Kier molecular flexibility index (Phi) is 4.78. The molecule has 0 aromatic heterocycles. The average Bonchev–Trinajstić information content (AvgIpc) is 2.54. The Balaban J connectivity index is 2.24. The van der Waals surface area contributed by atoms with Gasteiger partial charge in [0.05, 0.1) is 19.8 Å². The van der Waals surface area contributed by atoms with E-state index in [4.69, 9.17) is 9.47 Å². The van der Waals surface area contributed by atoms with Gasteiger partial charge in [-0.2, -0.15) is 0 Å². The Morgan fingerprint density at radius 3 is 2.18 bits per heavy atom. The van der Waals surface area contributed by atoms with E-state index in [2.05, 4.69) is 5.32 Å². The quantitative estimate of drug-likeness (QED) is 0.861. The lowest BCUT2D eigenvalue weighted by molar-refractivity contribution is 0.101. The number of nitrogens with one attached hydrogen (secondary N) is 1. The smallest absolute Gasteiger partial charge is 0.259 e. The summed E-state index contributed by atoms with van der Waals surface area (Å²) in [4.78, 5) is 23.6. The van der Waals surface area contributed by atoms with Gasteiger partial charge in [-0.1, -0.05) is 6.07 Å². The normalized spacial score (nSPS) is 9.95. The standard InChI is InChI=1S/C17H17NO4/c1-11(19)12-7-9-13(10-8-12)18-17(20)14-5-4-6-15(21-2)16(14)22-3/h4-10H,1-3H3,(H,18,20). The van der Waals surface area contributed by atoms with Crippen LogP contribution in [0.3, 0.4) is 0 Å². The van der Waals surface area contributed by atoms with Crippen LogP contribution in [0.1, 0.15) is 27.6 Å². The van der Waals surface area contributed by atoms with Gasteiger partial charge >= 0.3 is 0 Å². The lowest BCUT2D eigenvalue weighted by atomic mass is 10.1. The van der Waals surface area contributed by atoms with Gasteiger partial charge in [0, 0.05) is 11.3 Å². The highest BCUT2D eigenvalue weighted by Gasteiger charge is 2.16. The molecule has 0 saturated carbocycles. The predicted molar refractivity (Wildman–Crippen MR) is 83.9 cm³/mol. The lowest BCUT2D eigenvalue weighted by Gasteiger charge is -2.12. The molecule has 0 unspecified atom stereocenters. The Labute approximate surface area is 128 Å². The molecule has 0 spiro atoms. The summed E-state index contributed by atoms with van der Waals surface area (Å²) in [5.41, 5.74) is 1.56. The molecule has 0 radical (unpaired) electrons. The molecular formula is C17H17NO4. The van der Waals surface area contributed by atoms with E-state index in [9.17, 15) is 9.59 Å². The maximum atomic E-state index is 12.4. The minimum absolute atomic E-state index is 0.0210. The zero-order valence-electron chi connectivity index (χ0n) is 12.7. The minimum atomic E-state index is -0.314. The molecule has 1 amide bonds. The number of hydrogen-bond acceptors (Lipinski definition) is 4. The molecule has 2 aromatic carbocycles. The maximum absolute atomic E-state index is 12.4. The molecule has 2 rings (SSSR count). The summed E-state index contributed by atoms with van der Waals surface area (Å²) in [5, 5.41) is 2.76. The van der Waals surface area contributed by atoms with Gasteiger partial charge < -0.3 is 14.8 Å². The molecule has 5 nitrogen and oxygen atoms in total. The van der Waals surface area contributed by atoms with Crippen molar-refractivity contribution in [3.8, 4) is 11.5 Å². The molecule has 0 saturated heterocycles. The van der Waals surface area contributed by atoms with Crippen molar-refractivity contribution in [1.82, 2.24) is 0 Å². The van der Waals surface area contributed by atoms with Crippen LogP contribution >= 0.6 is 0 Å². The lowest BCUT2D eigenvalue weighted by Crippen LogP contribution is -2.13. The van der Waals surface area contributed by atoms with Crippen LogP contribution in [0.25, 0.3) is 0 Å². The molecule has 0 atom stereocenters. The number of rotatable bonds is 5. The third-order valence-corrected chi connectivity index (χ3v) is 3.20. The molecule has 0 aliphatic rings. The zero-order valence-corrected chi connectivity index (χ0v) is 12.7. The van der Waals surface area contributed by atoms with E-state index in [-0.39, 0.29) is 11.7 Å². The minimum Gasteiger partial charge on any atom is -0.493 e. The summed E-state index contributed by atoms with van der Waals surface area (Å²) in [6.07, 6.45) is 0. The number of methoxy groups -OCH3 is 2. The van der Waals surface area contributed by atoms with Crippen molar-refractivity contribution in [3.63, 3.8) is 0 Å². The number of benzene rings is 2. The molecule has 1 N–H and O–H groups in total. The van der Waals surface area contributed by atoms with Crippen molar-refractivity contribution in [3.05, 3.63) is 53.6 Å². The second-order valence-corrected chi connectivity index (χ2v) is 4.63. The number of Topliss-reactive ketones (excluding diaryl/α,β-unsaturated/α-hetero) is 1. The first-order valence-corrected chi connectivity index (χ1v) is 6.70. The predicted octanol–water partition coefficient (Wildman–Crippen LogP) is 3.16. The summed E-state index contributed by atoms with van der Waals surface area (Å²) in [6.45, 7) is 1.49. The van der Waals surface area contributed by atoms with Crippen LogP contribution in [0.4, 0.5) is 5.69 Å². The highest BCUT2D eigenvalue weighted by atomic mass is 16.5. The van der Waals surface area contributed by atoms with Crippen molar-refractivity contribution < 1.29 is 19.1 Å². The fraction of sp³-hybridized carbons (Fsp3) is 0.176. The van der Waals surface area contributed by atoms with E-state index in [1.54, 1.807) is 42.5 Å². The van der Waals surface area contributed by atoms with E-state index in [0.29, 0.717) is 28.3 Å². The average molecular weight is 299 g/mol. The molecule has 5 heteroatoms. The third-order valence-electron chi connectivity index (χ3n) is 3.20. The van der Waals surface area contributed by atoms with E-state index in [1.165, 1.54) is 21.1 Å². The van der Waals surface area contributed by atoms with Gasteiger partial charge in [0.2, 0.25) is 0 Å². The number of carbonyl (C=O) groups is 2. The van der Waals surface area contributed by atoms with Crippen LogP contribution in [0.15, 0.2) is 42.5 Å². The van der Waals surface area contributed by atoms with E-state index >= 15 is 0 Å². The van der Waals surface area contributed by atoms with Gasteiger partial charge in [0.15, 0.2) is 17.3 Å². The SMILES string of the molecule is COc1cccc(C(=O)Nc2ccc(C(C)=O)cc2)c1OC. The summed E-state index contributed by atoms with van der Waals surface area (Å²) in [5.74, 6) is 0.531. The number of ether oxygens (including phenoxy) is 2. The Bertz CT molecular complexity index is 692. The van der Waals surface area contributed by atoms with Gasteiger partial charge in [0.1, 0.15) is 0 Å². The van der Waals surface area contributed by atoms with E-state index < -0.39 is 0 Å². The zero-order chi connectivity index (χ0) is 16.1. The molecule has 0 aliphatic heterocycles. The first-order chi connectivity index (χ1) is 10.6. The van der Waals surface area contributed by atoms with Gasteiger partial charge in [-0.25, -0.2) is 0 Å². The highest BCUT2D eigenvalue weighted by molar-refractivity contribution is 6.07. The Morgan fingerprint density at radius 1 is 0.955 bits per heavy atom. The summed E-state index contributed by atoms with van der Waals surface area (Å²) < 4.78 is 10.4. The Morgan fingerprint density at radius 2 is 1.64 bits per heavy atom. The van der Waals surface area contributed by atoms with Crippen LogP contribution in [0.2, 0.25) is 0 Å². The Hall–Kier alpha value is -2.82. The van der Waals surface area contributed by atoms with Crippen molar-refractivity contribution in [2.24, 2.45) is 0 Å². The van der Waals surface area contributed by atoms with Crippen LogP contribution in [0, 0.1) is 0 Å². The molecule has 0 heterocycles. The number of hydrogen-bond donors (Lipinski definition) is 1. The van der Waals surface area contributed by atoms with E-state index in [1.807, 2.05) is 0 Å².